The molecule has 0 bridgehead atoms. The first kappa shape index (κ1) is 13.0. The van der Waals surface area contributed by atoms with E-state index in [9.17, 15) is 0 Å². The van der Waals surface area contributed by atoms with Gasteiger partial charge in [0, 0.05) is 11.6 Å². The van der Waals surface area contributed by atoms with Crippen LogP contribution < -0.4 is 10.5 Å². The minimum absolute atomic E-state index is 0.0180. The Bertz CT molecular complexity index is 334. The van der Waals surface area contributed by atoms with Gasteiger partial charge in [-0.1, -0.05) is 25.5 Å². The summed E-state index contributed by atoms with van der Waals surface area (Å²) in [6.45, 7) is 8.34. The molecule has 1 aromatic carbocycles. The third-order valence-corrected chi connectivity index (χ3v) is 2.68. The highest BCUT2D eigenvalue weighted by molar-refractivity contribution is 5.39. The molecule has 2 atom stereocenters. The molecule has 0 fully saturated rings. The van der Waals surface area contributed by atoms with E-state index < -0.39 is 0 Å². The molecule has 1 rings (SSSR count). The summed E-state index contributed by atoms with van der Waals surface area (Å²) in [5, 5.41) is 0. The Balaban J connectivity index is 2.87. The van der Waals surface area contributed by atoms with Crippen LogP contribution in [0.5, 0.6) is 5.75 Å². The summed E-state index contributed by atoms with van der Waals surface area (Å²) in [6, 6.07) is 6.24. The zero-order valence-corrected chi connectivity index (χ0v) is 10.8. The molecule has 2 nitrogen and oxygen atoms in total. The van der Waals surface area contributed by atoms with Crippen LogP contribution in [0.25, 0.3) is 0 Å². The van der Waals surface area contributed by atoms with Crippen LogP contribution in [0.4, 0.5) is 0 Å². The van der Waals surface area contributed by atoms with Gasteiger partial charge in [-0.2, -0.15) is 0 Å². The molecule has 0 saturated carbocycles. The van der Waals surface area contributed by atoms with Crippen LogP contribution >= 0.6 is 0 Å². The van der Waals surface area contributed by atoms with Gasteiger partial charge in [0.15, 0.2) is 0 Å². The highest BCUT2D eigenvalue weighted by Crippen LogP contribution is 2.26. The molecule has 0 aliphatic rings. The molecule has 0 aliphatic heterocycles. The molecular weight excluding hydrogens is 198 g/mol. The second-order valence-corrected chi connectivity index (χ2v) is 4.55. The second kappa shape index (κ2) is 5.90. The summed E-state index contributed by atoms with van der Waals surface area (Å²) in [5.74, 6) is 0.941. The molecule has 0 spiro atoms. The topological polar surface area (TPSA) is 35.2 Å². The zero-order valence-electron chi connectivity index (χ0n) is 10.8. The maximum Gasteiger partial charge on any atom is 0.124 e. The standard InChI is InChI=1S/C14H23NO/c1-5-6-11(3)16-14-9-10(2)7-8-13(14)12(4)15/h7-9,11-12H,5-6,15H2,1-4H3. The van der Waals surface area contributed by atoms with Gasteiger partial charge >= 0.3 is 0 Å². The smallest absolute Gasteiger partial charge is 0.124 e. The van der Waals surface area contributed by atoms with E-state index in [1.807, 2.05) is 6.92 Å². The van der Waals surface area contributed by atoms with Gasteiger partial charge in [0.2, 0.25) is 0 Å². The van der Waals surface area contributed by atoms with Crippen molar-refractivity contribution in [3.63, 3.8) is 0 Å². The number of hydrogen-bond acceptors (Lipinski definition) is 2. The fourth-order valence-corrected chi connectivity index (χ4v) is 1.80. The van der Waals surface area contributed by atoms with E-state index >= 15 is 0 Å². The predicted molar refractivity (Wildman–Crippen MR) is 68.8 cm³/mol. The first-order valence-corrected chi connectivity index (χ1v) is 6.07. The van der Waals surface area contributed by atoms with Gasteiger partial charge in [-0.25, -0.2) is 0 Å². The van der Waals surface area contributed by atoms with Gasteiger partial charge in [0.1, 0.15) is 5.75 Å². The monoisotopic (exact) mass is 221 g/mol. The minimum Gasteiger partial charge on any atom is -0.490 e. The Hall–Kier alpha value is -1.02. The zero-order chi connectivity index (χ0) is 12.1. The molecule has 0 radical (unpaired) electrons. The van der Waals surface area contributed by atoms with E-state index in [1.54, 1.807) is 0 Å². The SMILES string of the molecule is CCCC(C)Oc1cc(C)ccc1C(C)N. The predicted octanol–water partition coefficient (Wildman–Crippen LogP) is 3.58. The summed E-state index contributed by atoms with van der Waals surface area (Å²) in [4.78, 5) is 0. The molecule has 2 heteroatoms. The van der Waals surface area contributed by atoms with Crippen molar-refractivity contribution in [3.05, 3.63) is 29.3 Å². The lowest BCUT2D eigenvalue weighted by Crippen LogP contribution is -2.15. The van der Waals surface area contributed by atoms with Crippen LogP contribution in [0.2, 0.25) is 0 Å². The highest BCUT2D eigenvalue weighted by atomic mass is 16.5. The van der Waals surface area contributed by atoms with Gasteiger partial charge < -0.3 is 10.5 Å². The van der Waals surface area contributed by atoms with Crippen LogP contribution in [0.15, 0.2) is 18.2 Å². The molecule has 0 heterocycles. The van der Waals surface area contributed by atoms with E-state index in [-0.39, 0.29) is 12.1 Å². The fraction of sp³-hybridized carbons (Fsp3) is 0.571. The van der Waals surface area contributed by atoms with E-state index in [1.165, 1.54) is 5.56 Å². The molecule has 16 heavy (non-hydrogen) atoms. The molecule has 2 unspecified atom stereocenters. The lowest BCUT2D eigenvalue weighted by atomic mass is 10.1. The molecular formula is C14H23NO. The molecule has 0 aromatic heterocycles. The Morgan fingerprint density at radius 3 is 2.56 bits per heavy atom. The number of rotatable bonds is 5. The molecule has 90 valence electrons. The van der Waals surface area contributed by atoms with Crippen LogP contribution in [-0.2, 0) is 0 Å². The normalized spacial score (nSPS) is 14.6. The minimum atomic E-state index is 0.0180. The summed E-state index contributed by atoms with van der Waals surface area (Å²) in [7, 11) is 0. The maximum absolute atomic E-state index is 5.95. The van der Waals surface area contributed by atoms with Crippen molar-refractivity contribution in [2.24, 2.45) is 5.73 Å². The Labute approximate surface area is 98.8 Å². The van der Waals surface area contributed by atoms with Crippen molar-refractivity contribution >= 4 is 0 Å². The average molecular weight is 221 g/mol. The fourth-order valence-electron chi connectivity index (χ4n) is 1.80. The van der Waals surface area contributed by atoms with Gasteiger partial charge in [-0.05, 0) is 38.8 Å². The maximum atomic E-state index is 5.95. The van der Waals surface area contributed by atoms with Crippen molar-refractivity contribution in [3.8, 4) is 5.75 Å². The van der Waals surface area contributed by atoms with Gasteiger partial charge in [0.05, 0.1) is 6.10 Å². The number of nitrogens with two attached hydrogens (primary N) is 1. The second-order valence-electron chi connectivity index (χ2n) is 4.55. The number of benzene rings is 1. The quantitative estimate of drug-likeness (QED) is 0.824. The first-order chi connectivity index (χ1) is 7.54. The van der Waals surface area contributed by atoms with Crippen molar-refractivity contribution in [1.82, 2.24) is 0 Å². The summed E-state index contributed by atoms with van der Waals surface area (Å²) >= 11 is 0. The van der Waals surface area contributed by atoms with Crippen LogP contribution in [-0.4, -0.2) is 6.10 Å². The lowest BCUT2D eigenvalue weighted by molar-refractivity contribution is 0.207. The summed E-state index contributed by atoms with van der Waals surface area (Å²) < 4.78 is 5.95. The molecule has 2 N–H and O–H groups in total. The van der Waals surface area contributed by atoms with Crippen LogP contribution in [0, 0.1) is 6.92 Å². The summed E-state index contributed by atoms with van der Waals surface area (Å²) in [5.41, 5.74) is 8.24. The molecule has 0 saturated heterocycles. The van der Waals surface area contributed by atoms with Gasteiger partial charge in [-0.15, -0.1) is 0 Å². The molecule has 1 aromatic rings. The van der Waals surface area contributed by atoms with Gasteiger partial charge in [-0.3, -0.25) is 0 Å². The lowest BCUT2D eigenvalue weighted by Gasteiger charge is -2.19. The Morgan fingerprint density at radius 2 is 2.00 bits per heavy atom. The van der Waals surface area contributed by atoms with Crippen LogP contribution in [0.1, 0.15) is 50.8 Å². The summed E-state index contributed by atoms with van der Waals surface area (Å²) in [6.07, 6.45) is 2.47. The number of hydrogen-bond donors (Lipinski definition) is 1. The van der Waals surface area contributed by atoms with Crippen molar-refractivity contribution in [2.45, 2.75) is 52.7 Å². The van der Waals surface area contributed by atoms with Gasteiger partial charge in [0.25, 0.3) is 0 Å². The molecule has 0 aliphatic carbocycles. The highest BCUT2D eigenvalue weighted by Gasteiger charge is 2.11. The van der Waals surface area contributed by atoms with Crippen LogP contribution in [0.3, 0.4) is 0 Å². The van der Waals surface area contributed by atoms with E-state index in [4.69, 9.17) is 10.5 Å². The number of ether oxygens (including phenoxy) is 1. The largest absolute Gasteiger partial charge is 0.490 e. The first-order valence-electron chi connectivity index (χ1n) is 6.07. The van der Waals surface area contributed by atoms with E-state index in [0.29, 0.717) is 0 Å². The molecule has 0 amide bonds. The van der Waals surface area contributed by atoms with E-state index in [2.05, 4.69) is 39.0 Å². The number of aryl methyl sites for hydroxylation is 1. The van der Waals surface area contributed by atoms with Crippen molar-refractivity contribution < 1.29 is 4.74 Å². The Morgan fingerprint density at radius 1 is 1.31 bits per heavy atom. The van der Waals surface area contributed by atoms with Crippen molar-refractivity contribution in [1.29, 1.82) is 0 Å². The third-order valence-electron chi connectivity index (χ3n) is 2.68. The third kappa shape index (κ3) is 3.53. The van der Waals surface area contributed by atoms with E-state index in [0.717, 1.165) is 24.2 Å². The average Bonchev–Trinajstić information content (AvgIpc) is 2.17. The van der Waals surface area contributed by atoms with Crippen molar-refractivity contribution in [2.75, 3.05) is 0 Å². The Kier molecular flexibility index (Phi) is 4.81.